The van der Waals surface area contributed by atoms with Gasteiger partial charge in [0.15, 0.2) is 5.82 Å². The van der Waals surface area contributed by atoms with E-state index in [0.717, 1.165) is 27.5 Å². The number of amides is 1. The van der Waals surface area contributed by atoms with Crippen molar-refractivity contribution in [1.82, 2.24) is 35.1 Å². The first kappa shape index (κ1) is 24.3. The zero-order valence-corrected chi connectivity index (χ0v) is 21.5. The van der Waals surface area contributed by atoms with Crippen molar-refractivity contribution in [2.45, 2.75) is 6.42 Å². The molecule has 0 spiro atoms. The number of hydrogen-bond donors (Lipinski definition) is 3. The summed E-state index contributed by atoms with van der Waals surface area (Å²) in [5.41, 5.74) is 6.80. The van der Waals surface area contributed by atoms with E-state index in [0.29, 0.717) is 39.7 Å². The minimum atomic E-state index is -0.343. The Morgan fingerprint density at radius 3 is 2.63 bits per heavy atom. The maximum absolute atomic E-state index is 13.9. The molecule has 3 N–H and O–H groups in total. The molecule has 0 unspecified atom stereocenters. The summed E-state index contributed by atoms with van der Waals surface area (Å²) in [5.74, 6) is 0.0616. The molecule has 1 amide bonds. The van der Waals surface area contributed by atoms with E-state index >= 15 is 0 Å². The van der Waals surface area contributed by atoms with Crippen molar-refractivity contribution in [1.29, 1.82) is 0 Å². The van der Waals surface area contributed by atoms with Gasteiger partial charge in [0.1, 0.15) is 17.0 Å². The maximum Gasteiger partial charge on any atom is 0.228 e. The number of rotatable bonds is 6. The van der Waals surface area contributed by atoms with Gasteiger partial charge >= 0.3 is 0 Å². The standard InChI is InChI=1S/C31H21FN8O/c32-21-8-4-7-19(12-21)28-30-24(9-10-34-28)37-31(38-30)29-23-14-25(35-17-26(23)39-40-29)20-13-22(16-33-15-20)36-27(41)11-18-5-2-1-3-6-18/h1-10,12-17H,11H2,(H,36,41)(H,37,38)(H,39,40). The van der Waals surface area contributed by atoms with E-state index in [1.165, 1.54) is 12.1 Å². The van der Waals surface area contributed by atoms with Gasteiger partial charge in [0, 0.05) is 28.9 Å². The van der Waals surface area contributed by atoms with Crippen LogP contribution in [0.3, 0.4) is 0 Å². The molecule has 7 aromatic rings. The Kier molecular flexibility index (Phi) is 5.97. The molecule has 0 atom stereocenters. The summed E-state index contributed by atoms with van der Waals surface area (Å²) < 4.78 is 13.9. The number of anilines is 1. The third-order valence-electron chi connectivity index (χ3n) is 6.70. The molecule has 0 bridgehead atoms. The molecular formula is C31H21FN8O. The molecule has 0 saturated carbocycles. The maximum atomic E-state index is 13.9. The van der Waals surface area contributed by atoms with Gasteiger partial charge < -0.3 is 10.3 Å². The van der Waals surface area contributed by atoms with Crippen LogP contribution >= 0.6 is 0 Å². The van der Waals surface area contributed by atoms with Crippen LogP contribution < -0.4 is 5.32 Å². The van der Waals surface area contributed by atoms with Gasteiger partial charge in [-0.05, 0) is 35.9 Å². The first-order valence-electron chi connectivity index (χ1n) is 12.8. The van der Waals surface area contributed by atoms with Gasteiger partial charge in [0.25, 0.3) is 0 Å². The fraction of sp³-hybridized carbons (Fsp3) is 0.0323. The van der Waals surface area contributed by atoms with Crippen LogP contribution in [0, 0.1) is 5.82 Å². The SMILES string of the molecule is O=C(Cc1ccccc1)Nc1cncc(-c2cc3c(-c4nc5c(-c6cccc(F)c6)nccc5[nH]4)n[nH]c3cn2)c1. The molecule has 198 valence electrons. The van der Waals surface area contributed by atoms with E-state index in [4.69, 9.17) is 4.98 Å². The molecule has 0 aliphatic carbocycles. The monoisotopic (exact) mass is 540 g/mol. The summed E-state index contributed by atoms with van der Waals surface area (Å²) in [6.07, 6.45) is 6.92. The van der Waals surface area contributed by atoms with Gasteiger partial charge in [-0.25, -0.2) is 9.37 Å². The summed E-state index contributed by atoms with van der Waals surface area (Å²) in [6, 6.07) is 21.4. The van der Waals surface area contributed by atoms with Crippen molar-refractivity contribution in [2.24, 2.45) is 0 Å². The minimum absolute atomic E-state index is 0.132. The molecule has 5 aromatic heterocycles. The Morgan fingerprint density at radius 2 is 1.76 bits per heavy atom. The van der Waals surface area contributed by atoms with Crippen molar-refractivity contribution < 1.29 is 9.18 Å². The van der Waals surface area contributed by atoms with E-state index in [1.54, 1.807) is 36.9 Å². The number of carbonyl (C=O) groups excluding carboxylic acids is 1. The first-order chi connectivity index (χ1) is 20.1. The lowest BCUT2D eigenvalue weighted by molar-refractivity contribution is -0.115. The Hall–Kier alpha value is -5.77. The summed E-state index contributed by atoms with van der Waals surface area (Å²) in [4.78, 5) is 34.0. The molecule has 0 saturated heterocycles. The number of carbonyl (C=O) groups is 1. The molecule has 7 rings (SSSR count). The van der Waals surface area contributed by atoms with Crippen molar-refractivity contribution in [2.75, 3.05) is 5.32 Å². The predicted octanol–water partition coefficient (Wildman–Crippen LogP) is 5.95. The highest BCUT2D eigenvalue weighted by molar-refractivity contribution is 5.97. The molecule has 0 fully saturated rings. The lowest BCUT2D eigenvalue weighted by Crippen LogP contribution is -2.14. The van der Waals surface area contributed by atoms with Crippen molar-refractivity contribution in [3.8, 4) is 34.0 Å². The number of fused-ring (bicyclic) bond motifs is 2. The smallest absolute Gasteiger partial charge is 0.228 e. The fourth-order valence-electron chi connectivity index (χ4n) is 4.78. The zero-order valence-electron chi connectivity index (χ0n) is 21.5. The van der Waals surface area contributed by atoms with Gasteiger partial charge in [-0.1, -0.05) is 42.5 Å². The van der Waals surface area contributed by atoms with E-state index in [-0.39, 0.29) is 18.1 Å². The first-order valence-corrected chi connectivity index (χ1v) is 12.8. The molecule has 0 aliphatic heterocycles. The normalized spacial score (nSPS) is 11.2. The van der Waals surface area contributed by atoms with Crippen LogP contribution in [0.5, 0.6) is 0 Å². The number of hydrogen-bond acceptors (Lipinski definition) is 6. The Balaban J connectivity index is 1.21. The number of nitrogens with zero attached hydrogens (tertiary/aromatic N) is 5. The number of H-pyrrole nitrogens is 2. The van der Waals surface area contributed by atoms with Gasteiger partial charge in [0.05, 0.1) is 46.9 Å². The Labute approximate surface area is 232 Å². The van der Waals surface area contributed by atoms with Gasteiger partial charge in [-0.3, -0.25) is 24.8 Å². The largest absolute Gasteiger partial charge is 0.336 e. The van der Waals surface area contributed by atoms with Crippen molar-refractivity contribution >= 4 is 33.5 Å². The van der Waals surface area contributed by atoms with Crippen LogP contribution in [-0.4, -0.2) is 41.0 Å². The van der Waals surface area contributed by atoms with Crippen LogP contribution in [0.4, 0.5) is 10.1 Å². The number of halogens is 1. The number of benzene rings is 2. The molecule has 0 radical (unpaired) electrons. The molecule has 0 aliphatic rings. The highest BCUT2D eigenvalue weighted by Crippen LogP contribution is 2.32. The summed E-state index contributed by atoms with van der Waals surface area (Å²) >= 11 is 0. The second-order valence-electron chi connectivity index (χ2n) is 9.51. The number of aromatic nitrogens is 7. The highest BCUT2D eigenvalue weighted by atomic mass is 19.1. The van der Waals surface area contributed by atoms with E-state index in [1.807, 2.05) is 48.5 Å². The van der Waals surface area contributed by atoms with Crippen molar-refractivity contribution in [3.63, 3.8) is 0 Å². The molecule has 41 heavy (non-hydrogen) atoms. The van der Waals surface area contributed by atoms with Gasteiger partial charge in [-0.15, -0.1) is 0 Å². The molecule has 2 aromatic carbocycles. The predicted molar refractivity (Wildman–Crippen MR) is 154 cm³/mol. The molecule has 9 nitrogen and oxygen atoms in total. The average molecular weight is 541 g/mol. The average Bonchev–Trinajstić information content (AvgIpc) is 3.61. The Bertz CT molecular complexity index is 2050. The second kappa shape index (κ2) is 10.1. The lowest BCUT2D eigenvalue weighted by atomic mass is 10.1. The lowest BCUT2D eigenvalue weighted by Gasteiger charge is -2.07. The third-order valence-corrected chi connectivity index (χ3v) is 6.70. The number of pyridine rings is 3. The Morgan fingerprint density at radius 1 is 0.854 bits per heavy atom. The summed E-state index contributed by atoms with van der Waals surface area (Å²) in [6.45, 7) is 0. The molecular weight excluding hydrogens is 519 g/mol. The van der Waals surface area contributed by atoms with Crippen LogP contribution in [0.1, 0.15) is 5.56 Å². The third kappa shape index (κ3) is 4.78. The fourth-order valence-corrected chi connectivity index (χ4v) is 4.78. The van der Waals surface area contributed by atoms with Crippen LogP contribution in [-0.2, 0) is 11.2 Å². The summed E-state index contributed by atoms with van der Waals surface area (Å²) in [7, 11) is 0. The van der Waals surface area contributed by atoms with Crippen LogP contribution in [0.2, 0.25) is 0 Å². The molecule has 10 heteroatoms. The van der Waals surface area contributed by atoms with Gasteiger partial charge in [0.2, 0.25) is 5.91 Å². The molecule has 5 heterocycles. The van der Waals surface area contributed by atoms with E-state index < -0.39 is 0 Å². The zero-order chi connectivity index (χ0) is 27.8. The van der Waals surface area contributed by atoms with Gasteiger partial charge in [-0.2, -0.15) is 5.10 Å². The van der Waals surface area contributed by atoms with Crippen LogP contribution in [0.25, 0.3) is 56.0 Å². The number of imidazole rings is 1. The van der Waals surface area contributed by atoms with Crippen LogP contribution in [0.15, 0.2) is 97.6 Å². The second-order valence-corrected chi connectivity index (χ2v) is 9.51. The highest BCUT2D eigenvalue weighted by Gasteiger charge is 2.17. The quantitative estimate of drug-likeness (QED) is 0.240. The van der Waals surface area contributed by atoms with E-state index in [9.17, 15) is 9.18 Å². The number of nitrogens with one attached hydrogen (secondary N) is 3. The van der Waals surface area contributed by atoms with Crippen molar-refractivity contribution in [3.05, 3.63) is 109 Å². The minimum Gasteiger partial charge on any atom is -0.336 e. The topological polar surface area (TPSA) is 125 Å². The van der Waals surface area contributed by atoms with E-state index in [2.05, 4.69) is 35.5 Å². The summed E-state index contributed by atoms with van der Waals surface area (Å²) in [5, 5.41) is 11.2. The number of aromatic amines is 2.